The predicted octanol–water partition coefficient (Wildman–Crippen LogP) is 4.18. The average molecular weight is 201 g/mol. The maximum absolute atomic E-state index is 2.53. The van der Waals surface area contributed by atoms with Crippen molar-refractivity contribution in [3.05, 3.63) is 0 Å². The first kappa shape index (κ1) is 16.4. The van der Waals surface area contributed by atoms with Gasteiger partial charge in [0.05, 0.1) is 0 Å². The van der Waals surface area contributed by atoms with Crippen LogP contribution < -0.4 is 0 Å². The van der Waals surface area contributed by atoms with Crippen molar-refractivity contribution in [2.45, 2.75) is 67.9 Å². The first-order chi connectivity index (χ1) is 6.43. The Balaban J connectivity index is 0. The fourth-order valence-corrected chi connectivity index (χ4v) is 1.32. The zero-order valence-electron chi connectivity index (χ0n) is 11.6. The number of rotatable bonds is 5. The van der Waals surface area contributed by atoms with Gasteiger partial charge in [0.2, 0.25) is 0 Å². The number of nitrogens with zero attached hydrogens (tertiary/aromatic N) is 1. The molecule has 0 aromatic carbocycles. The SMILES string of the molecule is CC.CCN(CC(C)(C)CC)C(C)C. The van der Waals surface area contributed by atoms with E-state index in [9.17, 15) is 0 Å². The van der Waals surface area contributed by atoms with Crippen LogP contribution in [0.4, 0.5) is 0 Å². The van der Waals surface area contributed by atoms with Gasteiger partial charge in [-0.05, 0) is 32.2 Å². The molecule has 1 heteroatoms. The van der Waals surface area contributed by atoms with Gasteiger partial charge in [0.15, 0.2) is 0 Å². The molecule has 0 bridgehead atoms. The van der Waals surface area contributed by atoms with Crippen LogP contribution in [0.2, 0.25) is 0 Å². The fraction of sp³-hybridized carbons (Fsp3) is 1.00. The molecule has 0 amide bonds. The minimum atomic E-state index is 0.472. The van der Waals surface area contributed by atoms with E-state index >= 15 is 0 Å². The van der Waals surface area contributed by atoms with Crippen LogP contribution in [0.1, 0.15) is 61.8 Å². The van der Waals surface area contributed by atoms with Crippen LogP contribution in [-0.2, 0) is 0 Å². The van der Waals surface area contributed by atoms with Gasteiger partial charge in [-0.15, -0.1) is 0 Å². The molecule has 0 radical (unpaired) electrons. The fourth-order valence-electron chi connectivity index (χ4n) is 1.32. The van der Waals surface area contributed by atoms with E-state index in [1.807, 2.05) is 13.8 Å². The van der Waals surface area contributed by atoms with Crippen molar-refractivity contribution in [3.8, 4) is 0 Å². The molecule has 0 heterocycles. The van der Waals surface area contributed by atoms with Crippen LogP contribution in [0.5, 0.6) is 0 Å². The third kappa shape index (κ3) is 7.37. The summed E-state index contributed by atoms with van der Waals surface area (Å²) in [6.07, 6.45) is 1.26. The van der Waals surface area contributed by atoms with Gasteiger partial charge in [-0.3, -0.25) is 0 Å². The van der Waals surface area contributed by atoms with Crippen molar-refractivity contribution in [3.63, 3.8) is 0 Å². The molecule has 0 unspecified atom stereocenters. The molecule has 14 heavy (non-hydrogen) atoms. The largest absolute Gasteiger partial charge is 0.301 e. The quantitative estimate of drug-likeness (QED) is 0.645. The van der Waals surface area contributed by atoms with E-state index in [0.717, 1.165) is 0 Å². The van der Waals surface area contributed by atoms with E-state index in [4.69, 9.17) is 0 Å². The molecule has 0 rings (SSSR count). The second kappa shape index (κ2) is 8.28. The van der Waals surface area contributed by atoms with Gasteiger partial charge in [0.25, 0.3) is 0 Å². The van der Waals surface area contributed by atoms with Crippen LogP contribution in [0.15, 0.2) is 0 Å². The summed E-state index contributed by atoms with van der Waals surface area (Å²) >= 11 is 0. The Hall–Kier alpha value is -0.0400. The maximum atomic E-state index is 2.53. The maximum Gasteiger partial charge on any atom is 0.00387 e. The molecule has 0 aromatic heterocycles. The van der Waals surface area contributed by atoms with Crippen molar-refractivity contribution in [1.82, 2.24) is 4.90 Å². The lowest BCUT2D eigenvalue weighted by Crippen LogP contribution is -2.38. The highest BCUT2D eigenvalue weighted by molar-refractivity contribution is 4.73. The Bertz CT molecular complexity index is 116. The third-order valence-electron chi connectivity index (χ3n) is 2.72. The minimum Gasteiger partial charge on any atom is -0.301 e. The third-order valence-corrected chi connectivity index (χ3v) is 2.72. The highest BCUT2D eigenvalue weighted by atomic mass is 15.1. The highest BCUT2D eigenvalue weighted by Crippen LogP contribution is 2.21. The summed E-state index contributed by atoms with van der Waals surface area (Å²) in [7, 11) is 0. The average Bonchev–Trinajstić information content (AvgIpc) is 2.17. The topological polar surface area (TPSA) is 3.24 Å². The predicted molar refractivity (Wildman–Crippen MR) is 67.8 cm³/mol. The van der Waals surface area contributed by atoms with Gasteiger partial charge in [0.1, 0.15) is 0 Å². The lowest BCUT2D eigenvalue weighted by atomic mass is 9.89. The summed E-state index contributed by atoms with van der Waals surface area (Å²) in [6, 6.07) is 0.681. The lowest BCUT2D eigenvalue weighted by Gasteiger charge is -2.33. The number of hydrogen-bond donors (Lipinski definition) is 0. The van der Waals surface area contributed by atoms with Crippen molar-refractivity contribution in [2.75, 3.05) is 13.1 Å². The van der Waals surface area contributed by atoms with Gasteiger partial charge in [0, 0.05) is 12.6 Å². The Morgan fingerprint density at radius 2 is 1.50 bits per heavy atom. The molecule has 0 aliphatic heterocycles. The van der Waals surface area contributed by atoms with E-state index in [0.29, 0.717) is 11.5 Å². The van der Waals surface area contributed by atoms with Crippen molar-refractivity contribution in [2.24, 2.45) is 5.41 Å². The molecule has 0 spiro atoms. The van der Waals surface area contributed by atoms with E-state index < -0.39 is 0 Å². The van der Waals surface area contributed by atoms with Gasteiger partial charge in [-0.25, -0.2) is 0 Å². The van der Waals surface area contributed by atoms with Crippen molar-refractivity contribution < 1.29 is 0 Å². The second-order valence-electron chi connectivity index (χ2n) is 4.67. The Labute approximate surface area is 91.9 Å². The molecule has 1 nitrogen and oxygen atoms in total. The van der Waals surface area contributed by atoms with Gasteiger partial charge >= 0.3 is 0 Å². The molecule has 88 valence electrons. The lowest BCUT2D eigenvalue weighted by molar-refractivity contribution is 0.148. The van der Waals surface area contributed by atoms with E-state index in [1.165, 1.54) is 19.5 Å². The van der Waals surface area contributed by atoms with Gasteiger partial charge in [-0.1, -0.05) is 41.5 Å². The van der Waals surface area contributed by atoms with E-state index in [-0.39, 0.29) is 0 Å². The molecule has 0 atom stereocenters. The van der Waals surface area contributed by atoms with E-state index in [2.05, 4.69) is 46.4 Å². The smallest absolute Gasteiger partial charge is 0.00387 e. The monoisotopic (exact) mass is 201 g/mol. The number of hydrogen-bond acceptors (Lipinski definition) is 1. The molecular formula is C13H31N. The molecule has 0 aliphatic carbocycles. The highest BCUT2D eigenvalue weighted by Gasteiger charge is 2.19. The Morgan fingerprint density at radius 1 is 1.07 bits per heavy atom. The molecule has 0 aromatic rings. The summed E-state index contributed by atoms with van der Waals surface area (Å²) in [4.78, 5) is 2.53. The van der Waals surface area contributed by atoms with E-state index in [1.54, 1.807) is 0 Å². The molecule has 0 N–H and O–H groups in total. The first-order valence-electron chi connectivity index (χ1n) is 6.17. The standard InChI is InChI=1S/C11H25N.C2H6/c1-7-11(5,6)9-12(8-2)10(3)4;1-2/h10H,7-9H2,1-6H3;1-2H3. The van der Waals surface area contributed by atoms with Crippen LogP contribution in [0.3, 0.4) is 0 Å². The van der Waals surface area contributed by atoms with Crippen LogP contribution in [0.25, 0.3) is 0 Å². The normalized spacial score (nSPS) is 11.6. The Morgan fingerprint density at radius 3 is 1.71 bits per heavy atom. The van der Waals surface area contributed by atoms with Crippen LogP contribution in [-0.4, -0.2) is 24.0 Å². The zero-order valence-corrected chi connectivity index (χ0v) is 11.6. The van der Waals surface area contributed by atoms with Crippen molar-refractivity contribution >= 4 is 0 Å². The summed E-state index contributed by atoms with van der Waals surface area (Å²) in [5.41, 5.74) is 0.472. The second-order valence-corrected chi connectivity index (χ2v) is 4.67. The summed E-state index contributed by atoms with van der Waals surface area (Å²) < 4.78 is 0. The Kier molecular flexibility index (Phi) is 9.70. The molecular weight excluding hydrogens is 170 g/mol. The van der Waals surface area contributed by atoms with Crippen molar-refractivity contribution in [1.29, 1.82) is 0 Å². The summed E-state index contributed by atoms with van der Waals surface area (Å²) in [6.45, 7) is 20.1. The summed E-state index contributed by atoms with van der Waals surface area (Å²) in [5, 5.41) is 0. The first-order valence-corrected chi connectivity index (χ1v) is 6.17. The van der Waals surface area contributed by atoms with Crippen LogP contribution in [0, 0.1) is 5.41 Å². The summed E-state index contributed by atoms with van der Waals surface area (Å²) in [5.74, 6) is 0. The minimum absolute atomic E-state index is 0.472. The zero-order chi connectivity index (χ0) is 11.8. The molecule has 0 fully saturated rings. The van der Waals surface area contributed by atoms with Gasteiger partial charge in [-0.2, -0.15) is 0 Å². The molecule has 0 saturated heterocycles. The molecule has 0 aliphatic rings. The molecule has 0 saturated carbocycles. The van der Waals surface area contributed by atoms with Gasteiger partial charge < -0.3 is 4.90 Å². The van der Waals surface area contributed by atoms with Crippen LogP contribution >= 0.6 is 0 Å².